The summed E-state index contributed by atoms with van der Waals surface area (Å²) in [5.74, 6) is 0. The molecule has 2 aromatic heterocycles. The Morgan fingerprint density at radius 2 is 1.79 bits per heavy atom. The monoisotopic (exact) mass is 315 g/mol. The van der Waals surface area contributed by atoms with E-state index in [1.807, 2.05) is 18.2 Å². The van der Waals surface area contributed by atoms with Crippen LogP contribution >= 0.6 is 0 Å². The number of imidazole rings is 1. The fraction of sp³-hybridized carbons (Fsp3) is 0. The zero-order chi connectivity index (χ0) is 16.4. The number of nitro groups is 1. The zero-order valence-electron chi connectivity index (χ0n) is 12.3. The number of fused-ring (bicyclic) bond motifs is 4. The molecule has 0 saturated heterocycles. The van der Waals surface area contributed by atoms with Gasteiger partial charge >= 0.3 is 0 Å². The van der Waals surface area contributed by atoms with Gasteiger partial charge < -0.3 is 0 Å². The van der Waals surface area contributed by atoms with Crippen LogP contribution in [0.5, 0.6) is 0 Å². The topological polar surface area (TPSA) is 77.5 Å². The molecule has 0 N–H and O–H groups in total. The van der Waals surface area contributed by atoms with E-state index in [1.165, 1.54) is 10.5 Å². The van der Waals surface area contributed by atoms with Crippen LogP contribution in [-0.4, -0.2) is 14.3 Å². The third-order valence-corrected chi connectivity index (χ3v) is 4.44. The van der Waals surface area contributed by atoms with Crippen LogP contribution < -0.4 is 5.56 Å². The number of non-ortho nitro benzene ring substituents is 1. The number of pyridine rings is 1. The van der Waals surface area contributed by atoms with E-state index < -0.39 is 4.92 Å². The molecule has 0 bridgehead atoms. The van der Waals surface area contributed by atoms with Gasteiger partial charge in [0.15, 0.2) is 5.65 Å². The minimum Gasteiger partial charge on any atom is -0.268 e. The maximum Gasteiger partial charge on any atom is 0.281 e. The van der Waals surface area contributed by atoms with E-state index in [-0.39, 0.29) is 11.2 Å². The average Bonchev–Trinajstić information content (AvgIpc) is 2.98. The molecule has 0 amide bonds. The summed E-state index contributed by atoms with van der Waals surface area (Å²) >= 11 is 0. The zero-order valence-corrected chi connectivity index (χ0v) is 12.3. The molecule has 0 unspecified atom stereocenters. The van der Waals surface area contributed by atoms with Gasteiger partial charge in [-0.2, -0.15) is 0 Å². The van der Waals surface area contributed by atoms with E-state index in [4.69, 9.17) is 0 Å². The molecule has 5 rings (SSSR count). The Hall–Kier alpha value is -3.54. The lowest BCUT2D eigenvalue weighted by Crippen LogP contribution is -2.13. The van der Waals surface area contributed by atoms with E-state index >= 15 is 0 Å². The van der Waals surface area contributed by atoms with E-state index in [9.17, 15) is 14.9 Å². The molecule has 5 aromatic rings. The van der Waals surface area contributed by atoms with Crippen molar-refractivity contribution in [3.8, 4) is 0 Å². The van der Waals surface area contributed by atoms with Gasteiger partial charge in [-0.1, -0.05) is 24.3 Å². The summed E-state index contributed by atoms with van der Waals surface area (Å²) in [4.78, 5) is 28.6. The molecule has 114 valence electrons. The Bertz CT molecular complexity index is 1350. The van der Waals surface area contributed by atoms with Crippen LogP contribution in [0.2, 0.25) is 0 Å². The number of rotatable bonds is 1. The van der Waals surface area contributed by atoms with Crippen LogP contribution in [0.4, 0.5) is 5.69 Å². The highest BCUT2D eigenvalue weighted by atomic mass is 16.6. The SMILES string of the molecule is O=c1c2cccc3ccc([N+](=O)[O-])c(c32)c2nc3ccccc3n12. The maximum absolute atomic E-state index is 13.0. The van der Waals surface area contributed by atoms with Gasteiger partial charge in [-0.25, -0.2) is 4.98 Å². The molecule has 24 heavy (non-hydrogen) atoms. The first-order valence-electron chi connectivity index (χ1n) is 7.39. The molecule has 0 aliphatic rings. The summed E-state index contributed by atoms with van der Waals surface area (Å²) in [6, 6.07) is 15.7. The molecule has 2 heterocycles. The first-order chi connectivity index (χ1) is 11.7. The molecule has 0 atom stereocenters. The predicted octanol–water partition coefficient (Wildman–Crippen LogP) is 3.50. The van der Waals surface area contributed by atoms with Crippen molar-refractivity contribution in [2.24, 2.45) is 0 Å². The lowest BCUT2D eigenvalue weighted by atomic mass is 10.0. The van der Waals surface area contributed by atoms with Crippen LogP contribution in [0.15, 0.2) is 59.4 Å². The van der Waals surface area contributed by atoms with Crippen molar-refractivity contribution in [2.45, 2.75) is 0 Å². The number of nitrogens with zero attached hydrogens (tertiary/aromatic N) is 3. The molecule has 3 aromatic carbocycles. The number of hydrogen-bond donors (Lipinski definition) is 0. The minimum atomic E-state index is -0.426. The maximum atomic E-state index is 13.0. The molecule has 0 aliphatic heterocycles. The number of aromatic nitrogens is 2. The van der Waals surface area contributed by atoms with Gasteiger partial charge in [0.2, 0.25) is 0 Å². The van der Waals surface area contributed by atoms with Crippen LogP contribution in [-0.2, 0) is 0 Å². The summed E-state index contributed by atoms with van der Waals surface area (Å²) in [7, 11) is 0. The second-order valence-electron chi connectivity index (χ2n) is 5.69. The highest BCUT2D eigenvalue weighted by molar-refractivity contribution is 6.18. The molecule has 0 fully saturated rings. The Morgan fingerprint density at radius 3 is 2.62 bits per heavy atom. The second kappa shape index (κ2) is 4.26. The van der Waals surface area contributed by atoms with Gasteiger partial charge in [-0.3, -0.25) is 19.3 Å². The van der Waals surface area contributed by atoms with Crippen molar-refractivity contribution in [1.29, 1.82) is 0 Å². The van der Waals surface area contributed by atoms with Gasteiger partial charge in [-0.15, -0.1) is 0 Å². The minimum absolute atomic E-state index is 0.0426. The first kappa shape index (κ1) is 13.0. The Morgan fingerprint density at radius 1 is 0.958 bits per heavy atom. The fourth-order valence-corrected chi connectivity index (χ4v) is 3.44. The van der Waals surface area contributed by atoms with Gasteiger partial charge in [0.1, 0.15) is 5.39 Å². The van der Waals surface area contributed by atoms with Gasteiger partial charge in [-0.05, 0) is 29.7 Å². The number of benzene rings is 3. The second-order valence-corrected chi connectivity index (χ2v) is 5.69. The van der Waals surface area contributed by atoms with Crippen molar-refractivity contribution < 1.29 is 4.92 Å². The Kier molecular flexibility index (Phi) is 2.30. The van der Waals surface area contributed by atoms with Crippen molar-refractivity contribution in [2.75, 3.05) is 0 Å². The lowest BCUT2D eigenvalue weighted by molar-refractivity contribution is -0.383. The summed E-state index contributed by atoms with van der Waals surface area (Å²) < 4.78 is 1.47. The highest BCUT2D eigenvalue weighted by Crippen LogP contribution is 2.35. The molecular formula is C18H9N3O3. The van der Waals surface area contributed by atoms with Gasteiger partial charge in [0.25, 0.3) is 11.2 Å². The summed E-state index contributed by atoms with van der Waals surface area (Å²) in [6.07, 6.45) is 0. The Labute approximate surface area is 134 Å². The predicted molar refractivity (Wildman–Crippen MR) is 91.8 cm³/mol. The molecule has 0 aliphatic carbocycles. The number of para-hydroxylation sites is 2. The largest absolute Gasteiger partial charge is 0.281 e. The van der Waals surface area contributed by atoms with Crippen molar-refractivity contribution in [3.05, 3.63) is 75.1 Å². The smallest absolute Gasteiger partial charge is 0.268 e. The van der Waals surface area contributed by atoms with Gasteiger partial charge in [0.05, 0.1) is 16.0 Å². The van der Waals surface area contributed by atoms with Gasteiger partial charge in [0, 0.05) is 16.8 Å². The van der Waals surface area contributed by atoms with Crippen molar-refractivity contribution >= 4 is 43.9 Å². The van der Waals surface area contributed by atoms with Crippen LogP contribution in [0.3, 0.4) is 0 Å². The van der Waals surface area contributed by atoms with Crippen LogP contribution in [0.1, 0.15) is 0 Å². The van der Waals surface area contributed by atoms with Crippen molar-refractivity contribution in [1.82, 2.24) is 9.38 Å². The third kappa shape index (κ3) is 1.44. The standard InChI is InChI=1S/C18H9N3O3/c22-18-11-5-3-4-10-8-9-14(21(23)24)16(15(10)11)17-19-12-6-1-2-7-13(12)20(17)18/h1-9H. The molecule has 0 spiro atoms. The Balaban J connectivity index is 2.26. The molecule has 6 nitrogen and oxygen atoms in total. The highest BCUT2D eigenvalue weighted by Gasteiger charge is 2.22. The number of nitro benzene ring substituents is 1. The average molecular weight is 315 g/mol. The normalized spacial score (nSPS) is 11.8. The molecule has 6 heteroatoms. The number of hydrogen-bond acceptors (Lipinski definition) is 4. The lowest BCUT2D eigenvalue weighted by Gasteiger charge is -2.07. The van der Waals surface area contributed by atoms with Crippen LogP contribution in [0, 0.1) is 10.1 Å². The molecule has 0 saturated carbocycles. The molecular weight excluding hydrogens is 306 g/mol. The van der Waals surface area contributed by atoms with Crippen LogP contribution in [0.25, 0.3) is 38.2 Å². The third-order valence-electron chi connectivity index (χ3n) is 4.44. The van der Waals surface area contributed by atoms with E-state index in [0.29, 0.717) is 32.8 Å². The van der Waals surface area contributed by atoms with E-state index in [2.05, 4.69) is 4.98 Å². The summed E-state index contributed by atoms with van der Waals surface area (Å²) in [6.45, 7) is 0. The first-order valence-corrected chi connectivity index (χ1v) is 7.39. The molecule has 0 radical (unpaired) electrons. The summed E-state index contributed by atoms with van der Waals surface area (Å²) in [5, 5.41) is 13.8. The van der Waals surface area contributed by atoms with E-state index in [1.54, 1.807) is 30.3 Å². The fourth-order valence-electron chi connectivity index (χ4n) is 3.44. The van der Waals surface area contributed by atoms with E-state index in [0.717, 1.165) is 5.39 Å². The quantitative estimate of drug-likeness (QED) is 0.350. The van der Waals surface area contributed by atoms with Crippen molar-refractivity contribution in [3.63, 3.8) is 0 Å². The summed E-state index contributed by atoms with van der Waals surface area (Å²) in [5.41, 5.74) is 1.37.